The Morgan fingerprint density at radius 1 is 1.12 bits per heavy atom. The minimum Gasteiger partial charge on any atom is -0.297 e. The van der Waals surface area contributed by atoms with Gasteiger partial charge in [0, 0.05) is 19.5 Å². The zero-order chi connectivity index (χ0) is 16.8. The molecule has 0 N–H and O–H groups in total. The maximum atomic E-state index is 4.84. The molecule has 8 nitrogen and oxygen atoms in total. The van der Waals surface area contributed by atoms with Crippen molar-refractivity contribution in [1.29, 1.82) is 0 Å². The molecule has 1 fully saturated rings. The lowest BCUT2D eigenvalue weighted by atomic mass is 9.96. The number of aromatic nitrogens is 7. The molecule has 1 saturated heterocycles. The van der Waals surface area contributed by atoms with E-state index in [1.54, 1.807) is 4.80 Å². The number of rotatable bonds is 3. The number of likely N-dealkylation sites (tertiary alicyclic amines) is 1. The van der Waals surface area contributed by atoms with Crippen LogP contribution in [-0.2, 0) is 26.4 Å². The average Bonchev–Trinajstić information content (AvgIpc) is 3.33. The van der Waals surface area contributed by atoms with Crippen LogP contribution in [0.1, 0.15) is 48.0 Å². The van der Waals surface area contributed by atoms with Crippen molar-refractivity contribution < 1.29 is 0 Å². The van der Waals surface area contributed by atoms with Gasteiger partial charge in [-0.1, -0.05) is 0 Å². The Morgan fingerprint density at radius 3 is 2.80 bits per heavy atom. The van der Waals surface area contributed by atoms with Crippen LogP contribution in [0.5, 0.6) is 0 Å². The van der Waals surface area contributed by atoms with Crippen molar-refractivity contribution in [2.45, 2.75) is 44.6 Å². The maximum Gasteiger partial charge on any atom is 0.178 e. The molecule has 25 heavy (non-hydrogen) atoms. The predicted molar refractivity (Wildman–Crippen MR) is 91.1 cm³/mol. The molecule has 0 saturated carbocycles. The van der Waals surface area contributed by atoms with E-state index in [1.807, 2.05) is 17.8 Å². The molecule has 0 spiro atoms. The van der Waals surface area contributed by atoms with Gasteiger partial charge in [0.05, 0.1) is 17.6 Å². The highest BCUT2D eigenvalue weighted by atomic mass is 15.5. The molecular weight excluding hydrogens is 316 g/mol. The van der Waals surface area contributed by atoms with Crippen molar-refractivity contribution in [3.8, 4) is 0 Å². The molecule has 3 aromatic rings. The van der Waals surface area contributed by atoms with Crippen LogP contribution in [0.2, 0.25) is 0 Å². The summed E-state index contributed by atoms with van der Waals surface area (Å²) in [4.78, 5) is 4.06. The van der Waals surface area contributed by atoms with E-state index in [0.29, 0.717) is 5.92 Å². The lowest BCUT2D eigenvalue weighted by Gasteiger charge is -2.30. The topological polar surface area (TPSA) is 77.0 Å². The lowest BCUT2D eigenvalue weighted by molar-refractivity contribution is 0.198. The minimum atomic E-state index is 0.431. The van der Waals surface area contributed by atoms with Crippen LogP contribution in [0.4, 0.5) is 0 Å². The third-order valence-corrected chi connectivity index (χ3v) is 5.43. The van der Waals surface area contributed by atoms with Crippen molar-refractivity contribution in [3.63, 3.8) is 0 Å². The largest absolute Gasteiger partial charge is 0.297 e. The molecule has 1 aliphatic carbocycles. The van der Waals surface area contributed by atoms with Gasteiger partial charge < -0.3 is 0 Å². The van der Waals surface area contributed by atoms with E-state index in [9.17, 15) is 0 Å². The van der Waals surface area contributed by atoms with Crippen LogP contribution in [-0.4, -0.2) is 52.8 Å². The van der Waals surface area contributed by atoms with Crippen molar-refractivity contribution in [2.75, 3.05) is 13.1 Å². The molecule has 130 valence electrons. The molecule has 4 heterocycles. The third kappa shape index (κ3) is 2.70. The van der Waals surface area contributed by atoms with Gasteiger partial charge in [-0.25, -0.2) is 0 Å². The van der Waals surface area contributed by atoms with Gasteiger partial charge in [-0.15, -0.1) is 10.2 Å². The standard InChI is InChI=1S/C17H22N8/c1-23-18-10-14(21-23)11-24-7-5-12(6-8-24)17-20-19-16-9-13-3-2-4-15(13)22-25(16)17/h9-10,12H,2-8,11H2,1H3. The summed E-state index contributed by atoms with van der Waals surface area (Å²) in [5.41, 5.74) is 4.52. The van der Waals surface area contributed by atoms with Crippen LogP contribution in [0.3, 0.4) is 0 Å². The highest BCUT2D eigenvalue weighted by Gasteiger charge is 2.26. The van der Waals surface area contributed by atoms with Gasteiger partial charge >= 0.3 is 0 Å². The first-order valence-corrected chi connectivity index (χ1v) is 9.08. The average molecular weight is 338 g/mol. The second-order valence-electron chi connectivity index (χ2n) is 7.17. The molecule has 3 aromatic heterocycles. The molecule has 0 atom stereocenters. The van der Waals surface area contributed by atoms with Crippen LogP contribution in [0, 0.1) is 0 Å². The molecular formula is C17H22N8. The van der Waals surface area contributed by atoms with E-state index in [1.165, 1.54) is 17.7 Å². The molecule has 0 aromatic carbocycles. The quantitative estimate of drug-likeness (QED) is 0.712. The van der Waals surface area contributed by atoms with E-state index in [4.69, 9.17) is 5.10 Å². The van der Waals surface area contributed by atoms with E-state index >= 15 is 0 Å². The summed E-state index contributed by atoms with van der Waals surface area (Å²) < 4.78 is 1.99. The first-order valence-electron chi connectivity index (χ1n) is 9.08. The third-order valence-electron chi connectivity index (χ3n) is 5.43. The zero-order valence-electron chi connectivity index (χ0n) is 14.5. The Morgan fingerprint density at radius 2 is 2.00 bits per heavy atom. The Balaban J connectivity index is 1.31. The van der Waals surface area contributed by atoms with Crippen molar-refractivity contribution in [2.24, 2.45) is 7.05 Å². The van der Waals surface area contributed by atoms with Gasteiger partial charge in [-0.05, 0) is 56.8 Å². The highest BCUT2D eigenvalue weighted by Crippen LogP contribution is 2.28. The number of aryl methyl sites for hydroxylation is 3. The van der Waals surface area contributed by atoms with Crippen molar-refractivity contribution in [1.82, 2.24) is 39.7 Å². The van der Waals surface area contributed by atoms with Crippen LogP contribution in [0.25, 0.3) is 5.65 Å². The summed E-state index contributed by atoms with van der Waals surface area (Å²) in [5, 5.41) is 22.2. The molecule has 1 aliphatic heterocycles. The highest BCUT2D eigenvalue weighted by molar-refractivity contribution is 5.43. The molecule has 5 rings (SSSR count). The fraction of sp³-hybridized carbons (Fsp3) is 0.588. The number of nitrogens with zero attached hydrogens (tertiary/aromatic N) is 8. The van der Waals surface area contributed by atoms with Crippen molar-refractivity contribution >= 4 is 5.65 Å². The second-order valence-corrected chi connectivity index (χ2v) is 7.17. The number of fused-ring (bicyclic) bond motifs is 2. The first-order chi connectivity index (χ1) is 12.3. The Hall–Kier alpha value is -2.35. The predicted octanol–water partition coefficient (Wildman–Crippen LogP) is 1.12. The summed E-state index contributed by atoms with van der Waals surface area (Å²) in [6, 6.07) is 2.18. The van der Waals surface area contributed by atoms with E-state index in [0.717, 1.165) is 62.5 Å². The fourth-order valence-corrected chi connectivity index (χ4v) is 4.09. The second kappa shape index (κ2) is 5.87. The lowest BCUT2D eigenvalue weighted by Crippen LogP contribution is -2.33. The van der Waals surface area contributed by atoms with Crippen molar-refractivity contribution in [3.05, 3.63) is 35.0 Å². The van der Waals surface area contributed by atoms with Crippen LogP contribution < -0.4 is 0 Å². The molecule has 0 amide bonds. The fourth-order valence-electron chi connectivity index (χ4n) is 4.09. The summed E-state index contributed by atoms with van der Waals surface area (Å²) >= 11 is 0. The van der Waals surface area contributed by atoms with Crippen LogP contribution >= 0.6 is 0 Å². The SMILES string of the molecule is Cn1ncc(CN2CCC(c3nnc4cc5c(nn34)CCC5)CC2)n1. The Bertz CT molecular complexity index is 903. The Kier molecular flexibility index (Phi) is 3.51. The van der Waals surface area contributed by atoms with E-state index in [2.05, 4.69) is 31.4 Å². The molecule has 2 aliphatic rings. The summed E-state index contributed by atoms with van der Waals surface area (Å²) in [5.74, 6) is 1.46. The van der Waals surface area contributed by atoms with Gasteiger partial charge in [-0.2, -0.15) is 24.6 Å². The smallest absolute Gasteiger partial charge is 0.178 e. The van der Waals surface area contributed by atoms with E-state index < -0.39 is 0 Å². The Labute approximate surface area is 145 Å². The molecule has 0 unspecified atom stereocenters. The summed E-state index contributed by atoms with van der Waals surface area (Å²) in [6.07, 6.45) is 7.43. The van der Waals surface area contributed by atoms with Gasteiger partial charge in [-0.3, -0.25) is 4.90 Å². The van der Waals surface area contributed by atoms with Gasteiger partial charge in [0.15, 0.2) is 11.5 Å². The number of piperidine rings is 1. The van der Waals surface area contributed by atoms with Gasteiger partial charge in [0.1, 0.15) is 0 Å². The van der Waals surface area contributed by atoms with Crippen LogP contribution in [0.15, 0.2) is 12.3 Å². The number of hydrogen-bond donors (Lipinski definition) is 0. The number of hydrogen-bond acceptors (Lipinski definition) is 6. The van der Waals surface area contributed by atoms with E-state index in [-0.39, 0.29) is 0 Å². The monoisotopic (exact) mass is 338 g/mol. The molecule has 0 bridgehead atoms. The first kappa shape index (κ1) is 14.9. The summed E-state index contributed by atoms with van der Waals surface area (Å²) in [7, 11) is 1.86. The normalized spacial score (nSPS) is 18.9. The molecule has 0 radical (unpaired) electrons. The molecule has 8 heteroatoms. The van der Waals surface area contributed by atoms with Gasteiger partial charge in [0.2, 0.25) is 0 Å². The van der Waals surface area contributed by atoms with Gasteiger partial charge in [0.25, 0.3) is 0 Å². The summed E-state index contributed by atoms with van der Waals surface area (Å²) in [6.45, 7) is 2.95. The maximum absolute atomic E-state index is 4.84. The zero-order valence-corrected chi connectivity index (χ0v) is 14.5. The minimum absolute atomic E-state index is 0.431.